The molecule has 0 amide bonds. The van der Waals surface area contributed by atoms with E-state index in [1.54, 1.807) is 0 Å². The van der Waals surface area contributed by atoms with Gasteiger partial charge in [0.2, 0.25) is 0 Å². The maximum absolute atomic E-state index is 6.60. The molecule has 0 saturated heterocycles. The molecule has 1 aromatic carbocycles. The first kappa shape index (κ1) is 15.6. The molecule has 2 aromatic rings. The molecule has 1 unspecified atom stereocenters. The molecule has 2 N–H and O–H groups in total. The number of benzene rings is 1. The predicted molar refractivity (Wildman–Crippen MR) is 99.2 cm³/mol. The highest BCUT2D eigenvalue weighted by atomic mass is 15.2. The van der Waals surface area contributed by atoms with Crippen molar-refractivity contribution in [3.8, 4) is 0 Å². The number of aromatic nitrogens is 1. The Morgan fingerprint density at radius 3 is 3.00 bits per heavy atom. The van der Waals surface area contributed by atoms with Crippen LogP contribution in [0.5, 0.6) is 0 Å². The van der Waals surface area contributed by atoms with Crippen LogP contribution in [-0.2, 0) is 6.54 Å². The van der Waals surface area contributed by atoms with Crippen molar-refractivity contribution in [1.29, 1.82) is 0 Å². The van der Waals surface area contributed by atoms with Crippen LogP contribution in [0.1, 0.15) is 55.2 Å². The molecule has 1 aliphatic heterocycles. The first-order valence-electron chi connectivity index (χ1n) is 9.08. The molecule has 1 aromatic heterocycles. The lowest BCUT2D eigenvalue weighted by atomic mass is 9.83. The van der Waals surface area contributed by atoms with E-state index in [2.05, 4.69) is 48.0 Å². The summed E-state index contributed by atoms with van der Waals surface area (Å²) in [4.78, 5) is 6.90. The summed E-state index contributed by atoms with van der Waals surface area (Å²) in [7, 11) is 0. The van der Waals surface area contributed by atoms with Crippen LogP contribution in [0.4, 0.5) is 5.69 Å². The fourth-order valence-electron chi connectivity index (χ4n) is 4.65. The quantitative estimate of drug-likeness (QED) is 0.903. The Labute approximate surface area is 144 Å². The third-order valence-corrected chi connectivity index (χ3v) is 5.77. The van der Waals surface area contributed by atoms with E-state index in [-0.39, 0.29) is 5.54 Å². The number of nitrogens with two attached hydrogens (primary N) is 1. The number of hydrogen-bond donors (Lipinski definition) is 1. The van der Waals surface area contributed by atoms with E-state index in [4.69, 9.17) is 5.73 Å². The van der Waals surface area contributed by atoms with Crippen molar-refractivity contribution < 1.29 is 0 Å². The Bertz CT molecular complexity index is 723. The molecular weight excluding hydrogens is 294 g/mol. The lowest BCUT2D eigenvalue weighted by Crippen LogP contribution is -2.38. The van der Waals surface area contributed by atoms with Crippen LogP contribution in [0, 0.1) is 6.92 Å². The highest BCUT2D eigenvalue weighted by Gasteiger charge is 2.42. The summed E-state index contributed by atoms with van der Waals surface area (Å²) in [6.45, 7) is 5.36. The van der Waals surface area contributed by atoms with Gasteiger partial charge in [0.1, 0.15) is 0 Å². The van der Waals surface area contributed by atoms with Crippen molar-refractivity contribution in [2.75, 3.05) is 4.90 Å². The number of rotatable bonds is 2. The topological polar surface area (TPSA) is 42.1 Å². The van der Waals surface area contributed by atoms with Gasteiger partial charge in [-0.15, -0.1) is 0 Å². The molecule has 0 bridgehead atoms. The van der Waals surface area contributed by atoms with Crippen LogP contribution in [0.15, 0.2) is 42.7 Å². The molecule has 0 spiro atoms. The summed E-state index contributed by atoms with van der Waals surface area (Å²) in [5.41, 5.74) is 12.1. The molecule has 2 heterocycles. The van der Waals surface area contributed by atoms with Crippen molar-refractivity contribution in [3.63, 3.8) is 0 Å². The standard InChI is InChI=1S/C21H27N3/c1-15-7-8-20-17(11-15)18-12-21(2,22)9-3-6-19(18)24(20)14-16-5-4-10-23-13-16/h4-5,7-8,10-11,13,18-19H,3,6,9,12,14,22H2,1-2H3/t18-,19+,21?/m0/s1. The Hall–Kier alpha value is -1.87. The highest BCUT2D eigenvalue weighted by Crippen LogP contribution is 2.49. The zero-order valence-electron chi connectivity index (χ0n) is 14.7. The molecule has 24 heavy (non-hydrogen) atoms. The monoisotopic (exact) mass is 321 g/mol. The largest absolute Gasteiger partial charge is 0.363 e. The number of hydrogen-bond acceptors (Lipinski definition) is 3. The number of anilines is 1. The van der Waals surface area contributed by atoms with E-state index in [0.29, 0.717) is 12.0 Å². The second kappa shape index (κ2) is 5.89. The van der Waals surface area contributed by atoms with Gasteiger partial charge in [-0.05, 0) is 62.8 Å². The van der Waals surface area contributed by atoms with Gasteiger partial charge >= 0.3 is 0 Å². The van der Waals surface area contributed by atoms with Crippen molar-refractivity contribution in [2.24, 2.45) is 5.73 Å². The van der Waals surface area contributed by atoms with E-state index in [9.17, 15) is 0 Å². The highest BCUT2D eigenvalue weighted by molar-refractivity contribution is 5.63. The minimum absolute atomic E-state index is 0.0508. The van der Waals surface area contributed by atoms with Gasteiger partial charge < -0.3 is 10.6 Å². The molecular formula is C21H27N3. The lowest BCUT2D eigenvalue weighted by Gasteiger charge is -2.30. The van der Waals surface area contributed by atoms with Gasteiger partial charge in [-0.2, -0.15) is 0 Å². The van der Waals surface area contributed by atoms with Gasteiger partial charge in [-0.1, -0.05) is 23.8 Å². The van der Waals surface area contributed by atoms with Crippen LogP contribution in [0.3, 0.4) is 0 Å². The Balaban J connectivity index is 1.74. The fourth-order valence-corrected chi connectivity index (χ4v) is 4.65. The fraction of sp³-hybridized carbons (Fsp3) is 0.476. The third-order valence-electron chi connectivity index (χ3n) is 5.77. The van der Waals surface area contributed by atoms with Gasteiger partial charge in [0.25, 0.3) is 0 Å². The van der Waals surface area contributed by atoms with Crippen LogP contribution in [0.2, 0.25) is 0 Å². The molecule has 3 nitrogen and oxygen atoms in total. The minimum Gasteiger partial charge on any atom is -0.363 e. The van der Waals surface area contributed by atoms with Crippen LogP contribution < -0.4 is 10.6 Å². The summed E-state index contributed by atoms with van der Waals surface area (Å²) in [6, 6.07) is 11.7. The van der Waals surface area contributed by atoms with Crippen molar-refractivity contribution >= 4 is 5.69 Å². The number of pyridine rings is 1. The zero-order chi connectivity index (χ0) is 16.7. The molecule has 3 heteroatoms. The normalized spacial score (nSPS) is 29.0. The maximum Gasteiger partial charge on any atom is 0.0448 e. The second-order valence-corrected chi connectivity index (χ2v) is 7.98. The summed E-state index contributed by atoms with van der Waals surface area (Å²) in [6.07, 6.45) is 8.49. The molecule has 4 rings (SSSR count). The smallest absolute Gasteiger partial charge is 0.0448 e. The Morgan fingerprint density at radius 1 is 1.33 bits per heavy atom. The second-order valence-electron chi connectivity index (χ2n) is 7.98. The van der Waals surface area contributed by atoms with Crippen molar-refractivity contribution in [1.82, 2.24) is 4.98 Å². The van der Waals surface area contributed by atoms with Gasteiger partial charge in [0.05, 0.1) is 0 Å². The summed E-state index contributed by atoms with van der Waals surface area (Å²) in [5.74, 6) is 0.550. The van der Waals surface area contributed by atoms with Gasteiger partial charge in [0, 0.05) is 42.1 Å². The summed E-state index contributed by atoms with van der Waals surface area (Å²) in [5, 5.41) is 0. The average molecular weight is 321 g/mol. The molecule has 1 fully saturated rings. The Kier molecular flexibility index (Phi) is 3.84. The maximum atomic E-state index is 6.60. The van der Waals surface area contributed by atoms with E-state index in [0.717, 1.165) is 19.4 Å². The van der Waals surface area contributed by atoms with Crippen LogP contribution >= 0.6 is 0 Å². The molecule has 1 saturated carbocycles. The van der Waals surface area contributed by atoms with E-state index < -0.39 is 0 Å². The number of fused-ring (bicyclic) bond motifs is 3. The molecule has 3 atom stereocenters. The predicted octanol–water partition coefficient (Wildman–Crippen LogP) is 4.15. The summed E-state index contributed by atoms with van der Waals surface area (Å²) < 4.78 is 0. The first-order valence-corrected chi connectivity index (χ1v) is 9.08. The van der Waals surface area contributed by atoms with Gasteiger partial charge in [-0.25, -0.2) is 0 Å². The van der Waals surface area contributed by atoms with E-state index in [1.165, 1.54) is 35.2 Å². The zero-order valence-corrected chi connectivity index (χ0v) is 14.7. The van der Waals surface area contributed by atoms with Gasteiger partial charge in [-0.3, -0.25) is 4.98 Å². The average Bonchev–Trinajstić information content (AvgIpc) is 2.71. The SMILES string of the molecule is Cc1ccc2c(c1)[C@@H]1CC(C)(N)CCC[C@H]1N2Cc1cccnc1. The number of aryl methyl sites for hydroxylation is 1. The molecule has 0 radical (unpaired) electrons. The molecule has 2 aliphatic rings. The third kappa shape index (κ3) is 2.82. The molecule has 126 valence electrons. The van der Waals surface area contributed by atoms with Gasteiger partial charge in [0.15, 0.2) is 0 Å². The minimum atomic E-state index is -0.0508. The number of nitrogens with zero attached hydrogens (tertiary/aromatic N) is 2. The molecule has 1 aliphatic carbocycles. The first-order chi connectivity index (χ1) is 11.5. The van der Waals surface area contributed by atoms with E-state index in [1.807, 2.05) is 18.5 Å². The Morgan fingerprint density at radius 2 is 2.21 bits per heavy atom. The van der Waals surface area contributed by atoms with E-state index >= 15 is 0 Å². The van der Waals surface area contributed by atoms with Crippen LogP contribution in [-0.4, -0.2) is 16.6 Å². The van der Waals surface area contributed by atoms with Crippen molar-refractivity contribution in [3.05, 3.63) is 59.4 Å². The van der Waals surface area contributed by atoms with Crippen LogP contribution in [0.25, 0.3) is 0 Å². The summed E-state index contributed by atoms with van der Waals surface area (Å²) >= 11 is 0. The lowest BCUT2D eigenvalue weighted by molar-refractivity contribution is 0.383. The van der Waals surface area contributed by atoms with Crippen molar-refractivity contribution in [2.45, 2.75) is 63.6 Å².